The number of nitrogens with zero attached hydrogens (tertiary/aromatic N) is 4. The van der Waals surface area contributed by atoms with Gasteiger partial charge in [0.2, 0.25) is 0 Å². The van der Waals surface area contributed by atoms with Gasteiger partial charge in [0.15, 0.2) is 0 Å². The third-order valence-corrected chi connectivity index (χ3v) is 6.50. The van der Waals surface area contributed by atoms with E-state index in [9.17, 15) is 9.59 Å². The molecule has 4 heterocycles. The minimum Gasteiger partial charge on any atom is -0.457 e. The fourth-order valence-electron chi connectivity index (χ4n) is 4.80. The Morgan fingerprint density at radius 1 is 1.09 bits per heavy atom. The van der Waals surface area contributed by atoms with Crippen molar-refractivity contribution < 1.29 is 9.53 Å². The summed E-state index contributed by atoms with van der Waals surface area (Å²) in [6.45, 7) is 7.23. The molecule has 0 amide bonds. The Kier molecular flexibility index (Phi) is 5.55. The van der Waals surface area contributed by atoms with Gasteiger partial charge in [0.25, 0.3) is 5.56 Å². The third kappa shape index (κ3) is 4.19. The molecule has 1 N–H and O–H groups in total. The molecule has 2 atom stereocenters. The van der Waals surface area contributed by atoms with Crippen molar-refractivity contribution >= 4 is 5.97 Å². The van der Waals surface area contributed by atoms with E-state index >= 15 is 0 Å². The second kappa shape index (κ2) is 8.53. The van der Waals surface area contributed by atoms with Crippen LogP contribution in [0.3, 0.4) is 0 Å². The van der Waals surface area contributed by atoms with Crippen LogP contribution in [0.4, 0.5) is 0 Å². The maximum absolute atomic E-state index is 11.9. The Hall–Kier alpha value is -3.36. The molecule has 0 aliphatic carbocycles. The van der Waals surface area contributed by atoms with E-state index in [-0.39, 0.29) is 17.6 Å². The number of carbonyl (C=O) groups is 1. The number of fused-ring (bicyclic) bond motifs is 1. The smallest absolute Gasteiger partial charge is 0.338 e. The second-order valence-electron chi connectivity index (χ2n) is 8.93. The maximum Gasteiger partial charge on any atom is 0.338 e. The molecule has 2 aliphatic rings. The number of piperazine rings is 1. The molecule has 3 aromatic rings. The molecule has 0 bridgehead atoms. The van der Waals surface area contributed by atoms with Crippen molar-refractivity contribution in [3.8, 4) is 11.4 Å². The number of aryl methyl sites for hydroxylation is 1. The van der Waals surface area contributed by atoms with E-state index in [0.717, 1.165) is 42.0 Å². The van der Waals surface area contributed by atoms with Gasteiger partial charge in [0, 0.05) is 56.6 Å². The average molecular weight is 446 g/mol. The minimum absolute atomic E-state index is 0.143. The van der Waals surface area contributed by atoms with E-state index in [0.29, 0.717) is 23.9 Å². The maximum atomic E-state index is 11.9. The Morgan fingerprint density at radius 2 is 1.91 bits per heavy atom. The molecule has 8 nitrogen and oxygen atoms in total. The van der Waals surface area contributed by atoms with Crippen LogP contribution in [0.5, 0.6) is 0 Å². The highest BCUT2D eigenvalue weighted by Crippen LogP contribution is 2.31. The average Bonchev–Trinajstić information content (AvgIpc) is 3.18. The molecule has 0 saturated carbocycles. The van der Waals surface area contributed by atoms with Gasteiger partial charge >= 0.3 is 5.97 Å². The van der Waals surface area contributed by atoms with Gasteiger partial charge in [0.05, 0.1) is 11.3 Å². The van der Waals surface area contributed by atoms with E-state index in [1.165, 1.54) is 16.3 Å². The zero-order valence-electron chi connectivity index (χ0n) is 19.0. The van der Waals surface area contributed by atoms with E-state index in [1.54, 1.807) is 13.1 Å². The number of carbonyl (C=O) groups excluding carboxylic acids is 1. The number of hydrogen-bond donors (Lipinski definition) is 1. The lowest BCUT2D eigenvalue weighted by atomic mass is 9.92. The van der Waals surface area contributed by atoms with Crippen molar-refractivity contribution in [1.29, 1.82) is 0 Å². The summed E-state index contributed by atoms with van der Waals surface area (Å²) in [6.07, 6.45) is 1.88. The number of nitrogens with one attached hydrogen (secondary N) is 1. The normalized spacial score (nSPS) is 20.5. The van der Waals surface area contributed by atoms with Gasteiger partial charge in [0.1, 0.15) is 12.3 Å². The molecule has 1 aromatic carbocycles. The second-order valence-corrected chi connectivity index (χ2v) is 8.93. The molecule has 170 valence electrons. The van der Waals surface area contributed by atoms with E-state index in [1.807, 2.05) is 18.3 Å². The zero-order chi connectivity index (χ0) is 23.1. The first-order valence-electron chi connectivity index (χ1n) is 11.2. The Bertz CT molecular complexity index is 1270. The summed E-state index contributed by atoms with van der Waals surface area (Å²) in [5.41, 5.74) is 6.46. The molecule has 1 saturated heterocycles. The predicted molar refractivity (Wildman–Crippen MR) is 124 cm³/mol. The molecule has 5 rings (SSSR count). The van der Waals surface area contributed by atoms with Crippen molar-refractivity contribution in [2.75, 3.05) is 13.1 Å². The highest BCUT2D eigenvalue weighted by atomic mass is 16.5. The van der Waals surface area contributed by atoms with Gasteiger partial charge in [-0.15, -0.1) is 0 Å². The lowest BCUT2D eigenvalue weighted by molar-refractivity contribution is 0.0535. The number of rotatable bonds is 4. The minimum atomic E-state index is -0.227. The first kappa shape index (κ1) is 21.5. The van der Waals surface area contributed by atoms with Crippen molar-refractivity contribution in [2.24, 2.45) is 7.05 Å². The van der Waals surface area contributed by atoms with Crippen LogP contribution in [0.1, 0.15) is 45.6 Å². The van der Waals surface area contributed by atoms with Crippen molar-refractivity contribution in [1.82, 2.24) is 25.0 Å². The topological polar surface area (TPSA) is 89.3 Å². The van der Waals surface area contributed by atoms with Crippen molar-refractivity contribution in [3.05, 3.63) is 80.8 Å². The fraction of sp³-hybridized carbons (Fsp3) is 0.360. The summed E-state index contributed by atoms with van der Waals surface area (Å²) in [4.78, 5) is 30.5. The number of ether oxygens (including phenoxy) is 1. The summed E-state index contributed by atoms with van der Waals surface area (Å²) in [6, 6.07) is 11.7. The van der Waals surface area contributed by atoms with Crippen molar-refractivity contribution in [3.63, 3.8) is 0 Å². The molecule has 0 spiro atoms. The highest BCUT2D eigenvalue weighted by Gasteiger charge is 2.30. The van der Waals surface area contributed by atoms with Crippen molar-refractivity contribution in [2.45, 2.75) is 39.1 Å². The first-order chi connectivity index (χ1) is 15.9. The number of aromatic nitrogens is 3. The molecule has 1 unspecified atom stereocenters. The first-order valence-corrected chi connectivity index (χ1v) is 11.2. The van der Waals surface area contributed by atoms with Crippen LogP contribution in [0, 0.1) is 6.92 Å². The summed E-state index contributed by atoms with van der Waals surface area (Å²) >= 11 is 0. The number of esters is 1. The van der Waals surface area contributed by atoms with Crippen LogP contribution in [-0.2, 0) is 24.9 Å². The standard InChI is InChI=1S/C25H27N5O3/c1-15-11-30(12-17-4-7-21(26-10-17)22-8-9-24(31)29(3)28-22)13-23(27-15)18-5-6-19-20(16(18)2)14-33-25(19)32/h4-10,15,23,27H,11-14H2,1-3H3/t15-,23?/m0/s1. The quantitative estimate of drug-likeness (QED) is 0.617. The Morgan fingerprint density at radius 3 is 2.67 bits per heavy atom. The van der Waals surface area contributed by atoms with Gasteiger partial charge in [-0.2, -0.15) is 5.10 Å². The summed E-state index contributed by atoms with van der Waals surface area (Å²) in [5, 5.41) is 7.99. The molecule has 33 heavy (non-hydrogen) atoms. The fourth-order valence-corrected chi connectivity index (χ4v) is 4.80. The monoisotopic (exact) mass is 445 g/mol. The lowest BCUT2D eigenvalue weighted by Crippen LogP contribution is -2.50. The molecule has 2 aliphatic heterocycles. The van der Waals surface area contributed by atoms with E-state index in [4.69, 9.17) is 4.74 Å². The summed E-state index contributed by atoms with van der Waals surface area (Å²) in [5.74, 6) is -0.227. The summed E-state index contributed by atoms with van der Waals surface area (Å²) in [7, 11) is 1.63. The van der Waals surface area contributed by atoms with Crippen LogP contribution in [0.15, 0.2) is 47.4 Å². The molecule has 8 heteroatoms. The van der Waals surface area contributed by atoms with Crippen LogP contribution in [0.2, 0.25) is 0 Å². The SMILES string of the molecule is Cc1c(C2CN(Cc3ccc(-c4ccc(=O)n(C)n4)nc3)C[C@H](C)N2)ccc2c1COC2=O. The molecule has 1 fully saturated rings. The Balaban J connectivity index is 1.32. The molecule has 0 radical (unpaired) electrons. The van der Waals surface area contributed by atoms with Gasteiger partial charge in [-0.3, -0.25) is 14.7 Å². The lowest BCUT2D eigenvalue weighted by Gasteiger charge is -2.38. The Labute approximate surface area is 192 Å². The predicted octanol–water partition coefficient (Wildman–Crippen LogP) is 2.36. The number of hydrogen-bond acceptors (Lipinski definition) is 7. The number of benzene rings is 1. The van der Waals surface area contributed by atoms with Gasteiger partial charge < -0.3 is 10.1 Å². The van der Waals surface area contributed by atoms with Gasteiger partial charge in [-0.05, 0) is 48.7 Å². The third-order valence-electron chi connectivity index (χ3n) is 6.50. The molecular weight excluding hydrogens is 418 g/mol. The van der Waals surface area contributed by atoms with Crippen LogP contribution < -0.4 is 10.9 Å². The van der Waals surface area contributed by atoms with E-state index in [2.05, 4.69) is 46.3 Å². The van der Waals surface area contributed by atoms with Crippen LogP contribution >= 0.6 is 0 Å². The highest BCUT2D eigenvalue weighted by molar-refractivity contribution is 5.94. The zero-order valence-corrected chi connectivity index (χ0v) is 19.0. The van der Waals surface area contributed by atoms with Gasteiger partial charge in [-0.25, -0.2) is 9.48 Å². The number of cyclic esters (lactones) is 1. The van der Waals surface area contributed by atoms with Gasteiger partial charge in [-0.1, -0.05) is 12.1 Å². The number of pyridine rings is 1. The molecule has 2 aromatic heterocycles. The van der Waals surface area contributed by atoms with E-state index < -0.39 is 0 Å². The largest absolute Gasteiger partial charge is 0.457 e. The molecular formula is C25H27N5O3. The van der Waals surface area contributed by atoms with Crippen LogP contribution in [-0.4, -0.2) is 44.8 Å². The summed E-state index contributed by atoms with van der Waals surface area (Å²) < 4.78 is 6.54. The van der Waals surface area contributed by atoms with Crippen LogP contribution in [0.25, 0.3) is 11.4 Å².